The van der Waals surface area contributed by atoms with Crippen LogP contribution >= 0.6 is 11.6 Å². The minimum Gasteiger partial charge on any atom is -0.508 e. The van der Waals surface area contributed by atoms with Crippen molar-refractivity contribution in [2.24, 2.45) is 0 Å². The number of rotatable bonds is 2. The third-order valence-corrected chi connectivity index (χ3v) is 3.92. The number of nitrogens with zero attached hydrogens (tertiary/aromatic N) is 3. The van der Waals surface area contributed by atoms with Gasteiger partial charge in [-0.2, -0.15) is 0 Å². The van der Waals surface area contributed by atoms with Crippen molar-refractivity contribution >= 4 is 11.6 Å². The van der Waals surface area contributed by atoms with Crippen LogP contribution in [0.3, 0.4) is 0 Å². The summed E-state index contributed by atoms with van der Waals surface area (Å²) in [6, 6.07) is 5.13. The zero-order valence-corrected chi connectivity index (χ0v) is 12.1. The average molecular weight is 290 g/mol. The highest BCUT2D eigenvalue weighted by Gasteiger charge is 2.18. The van der Waals surface area contributed by atoms with Gasteiger partial charge >= 0.3 is 0 Å². The van der Waals surface area contributed by atoms with E-state index in [4.69, 9.17) is 11.6 Å². The average Bonchev–Trinajstić information content (AvgIpc) is 2.42. The molecule has 0 atom stereocenters. The van der Waals surface area contributed by atoms with E-state index in [0.29, 0.717) is 5.02 Å². The first-order valence-electron chi connectivity index (χ1n) is 6.63. The van der Waals surface area contributed by atoms with Gasteiger partial charge in [0, 0.05) is 48.5 Å². The summed E-state index contributed by atoms with van der Waals surface area (Å²) in [5.74, 6) is 1.03. The Balaban J connectivity index is 1.75. The van der Waals surface area contributed by atoms with Crippen molar-refractivity contribution in [3.63, 3.8) is 0 Å². The lowest BCUT2D eigenvalue weighted by atomic mass is 10.1. The first-order chi connectivity index (χ1) is 9.61. The molecule has 1 aliphatic rings. The first kappa shape index (κ1) is 13.3. The Morgan fingerprint density at radius 3 is 3.05 bits per heavy atom. The molecule has 0 aliphatic carbocycles. The lowest BCUT2D eigenvalue weighted by molar-refractivity contribution is 0.242. The largest absolute Gasteiger partial charge is 0.508 e. The van der Waals surface area contributed by atoms with Crippen molar-refractivity contribution in [3.8, 4) is 5.75 Å². The monoisotopic (exact) mass is 289 g/mol. The van der Waals surface area contributed by atoms with E-state index in [1.165, 1.54) is 5.56 Å². The smallest absolute Gasteiger partial charge is 0.125 e. The maximum absolute atomic E-state index is 9.38. The van der Waals surface area contributed by atoms with E-state index in [9.17, 15) is 5.11 Å². The Bertz CT molecular complexity index is 645. The molecule has 1 aromatic heterocycles. The number of benzene rings is 1. The van der Waals surface area contributed by atoms with Gasteiger partial charge in [0.1, 0.15) is 11.6 Å². The highest BCUT2D eigenvalue weighted by molar-refractivity contribution is 6.31. The van der Waals surface area contributed by atoms with Crippen molar-refractivity contribution in [1.82, 2.24) is 14.9 Å². The Kier molecular flexibility index (Phi) is 3.59. The van der Waals surface area contributed by atoms with Crippen LogP contribution in [0.1, 0.15) is 22.6 Å². The van der Waals surface area contributed by atoms with Crippen LogP contribution in [0.4, 0.5) is 0 Å². The van der Waals surface area contributed by atoms with Gasteiger partial charge in [0.25, 0.3) is 0 Å². The Labute approximate surface area is 123 Å². The number of aromatic hydroxyl groups is 1. The molecule has 0 fully saturated rings. The van der Waals surface area contributed by atoms with Gasteiger partial charge < -0.3 is 5.11 Å². The Hall–Kier alpha value is -1.65. The van der Waals surface area contributed by atoms with Gasteiger partial charge in [-0.25, -0.2) is 9.97 Å². The van der Waals surface area contributed by atoms with Gasteiger partial charge in [-0.3, -0.25) is 4.90 Å². The van der Waals surface area contributed by atoms with E-state index in [1.807, 2.05) is 19.2 Å². The zero-order chi connectivity index (χ0) is 14.1. The molecule has 104 valence electrons. The zero-order valence-electron chi connectivity index (χ0n) is 11.3. The van der Waals surface area contributed by atoms with E-state index in [0.717, 1.165) is 43.1 Å². The van der Waals surface area contributed by atoms with Crippen LogP contribution in [0.25, 0.3) is 0 Å². The van der Waals surface area contributed by atoms with Crippen LogP contribution < -0.4 is 0 Å². The standard InChI is InChI=1S/C15H16ClN3O/c1-10-17-7-12-9-19(5-4-15(12)18-10)8-11-2-3-13(20)6-14(11)16/h2-3,6-7,20H,4-5,8-9H2,1H3. The molecular weight excluding hydrogens is 274 g/mol. The molecule has 0 saturated carbocycles. The highest BCUT2D eigenvalue weighted by Crippen LogP contribution is 2.25. The molecule has 2 heterocycles. The fraction of sp³-hybridized carbons (Fsp3) is 0.333. The van der Waals surface area contributed by atoms with Crippen molar-refractivity contribution in [1.29, 1.82) is 0 Å². The number of phenolic OH excluding ortho intramolecular Hbond substituents is 1. The van der Waals surface area contributed by atoms with Gasteiger partial charge in [0.15, 0.2) is 0 Å². The minimum absolute atomic E-state index is 0.201. The van der Waals surface area contributed by atoms with E-state index < -0.39 is 0 Å². The quantitative estimate of drug-likeness (QED) is 0.923. The van der Waals surface area contributed by atoms with Gasteiger partial charge in [0.05, 0.1) is 0 Å². The fourth-order valence-electron chi connectivity index (χ4n) is 2.51. The lowest BCUT2D eigenvalue weighted by Crippen LogP contribution is -2.31. The molecule has 4 nitrogen and oxygen atoms in total. The van der Waals surface area contributed by atoms with Gasteiger partial charge in [-0.15, -0.1) is 0 Å². The summed E-state index contributed by atoms with van der Waals surface area (Å²) in [5, 5.41) is 9.99. The summed E-state index contributed by atoms with van der Waals surface area (Å²) in [6.45, 7) is 4.49. The van der Waals surface area contributed by atoms with Crippen molar-refractivity contribution in [3.05, 3.63) is 52.1 Å². The summed E-state index contributed by atoms with van der Waals surface area (Å²) in [5.41, 5.74) is 3.38. The van der Waals surface area contributed by atoms with Gasteiger partial charge in [0.2, 0.25) is 0 Å². The number of hydrogen-bond acceptors (Lipinski definition) is 4. The third kappa shape index (κ3) is 2.76. The van der Waals surface area contributed by atoms with E-state index in [1.54, 1.807) is 12.1 Å². The molecule has 1 N–H and O–H groups in total. The van der Waals surface area contributed by atoms with Crippen LogP contribution in [0.5, 0.6) is 5.75 Å². The summed E-state index contributed by atoms with van der Waals surface area (Å²) >= 11 is 6.16. The van der Waals surface area contributed by atoms with Crippen LogP contribution in [0, 0.1) is 6.92 Å². The lowest BCUT2D eigenvalue weighted by Gasteiger charge is -2.28. The summed E-state index contributed by atoms with van der Waals surface area (Å²) < 4.78 is 0. The van der Waals surface area contributed by atoms with E-state index in [2.05, 4.69) is 14.9 Å². The van der Waals surface area contributed by atoms with E-state index >= 15 is 0 Å². The fourth-order valence-corrected chi connectivity index (χ4v) is 2.75. The molecule has 0 bridgehead atoms. The molecule has 0 saturated heterocycles. The molecular formula is C15H16ClN3O. The summed E-state index contributed by atoms with van der Waals surface area (Å²) in [7, 11) is 0. The molecule has 2 aromatic rings. The van der Waals surface area contributed by atoms with Crippen LogP contribution in [0.2, 0.25) is 5.02 Å². The maximum Gasteiger partial charge on any atom is 0.125 e. The minimum atomic E-state index is 0.201. The number of halogens is 1. The Morgan fingerprint density at radius 1 is 1.40 bits per heavy atom. The van der Waals surface area contributed by atoms with Crippen LogP contribution in [-0.4, -0.2) is 26.5 Å². The predicted octanol–water partition coefficient (Wildman–Crippen LogP) is 2.70. The van der Waals surface area contributed by atoms with Gasteiger partial charge in [-0.05, 0) is 24.6 Å². The van der Waals surface area contributed by atoms with Gasteiger partial charge in [-0.1, -0.05) is 17.7 Å². The summed E-state index contributed by atoms with van der Waals surface area (Å²) in [4.78, 5) is 11.1. The molecule has 0 radical (unpaired) electrons. The number of hydrogen-bond donors (Lipinski definition) is 1. The van der Waals surface area contributed by atoms with Crippen LogP contribution in [0.15, 0.2) is 24.4 Å². The molecule has 3 rings (SSSR count). The number of fused-ring (bicyclic) bond motifs is 1. The summed E-state index contributed by atoms with van der Waals surface area (Å²) in [6.07, 6.45) is 2.86. The number of phenols is 1. The first-order valence-corrected chi connectivity index (χ1v) is 7.01. The van der Waals surface area contributed by atoms with Crippen LogP contribution in [-0.2, 0) is 19.5 Å². The van der Waals surface area contributed by atoms with Crippen molar-refractivity contribution in [2.75, 3.05) is 6.54 Å². The topological polar surface area (TPSA) is 49.2 Å². The molecule has 0 spiro atoms. The molecule has 5 heteroatoms. The normalized spacial score (nSPS) is 15.1. The highest BCUT2D eigenvalue weighted by atomic mass is 35.5. The second-order valence-electron chi connectivity index (χ2n) is 5.13. The predicted molar refractivity (Wildman–Crippen MR) is 77.7 cm³/mol. The number of aromatic nitrogens is 2. The SMILES string of the molecule is Cc1ncc2c(n1)CCN(Cc1ccc(O)cc1Cl)C2. The molecule has 20 heavy (non-hydrogen) atoms. The Morgan fingerprint density at radius 2 is 2.25 bits per heavy atom. The second-order valence-corrected chi connectivity index (χ2v) is 5.53. The van der Waals surface area contributed by atoms with E-state index in [-0.39, 0.29) is 5.75 Å². The van der Waals surface area contributed by atoms with Crippen molar-refractivity contribution in [2.45, 2.75) is 26.4 Å². The molecule has 1 aromatic carbocycles. The second kappa shape index (κ2) is 5.38. The molecule has 0 unspecified atom stereocenters. The maximum atomic E-state index is 9.38. The molecule has 1 aliphatic heterocycles. The third-order valence-electron chi connectivity index (χ3n) is 3.56. The molecule has 0 amide bonds. The number of aryl methyl sites for hydroxylation is 1. The van der Waals surface area contributed by atoms with Crippen molar-refractivity contribution < 1.29 is 5.11 Å².